The van der Waals surface area contributed by atoms with Crippen molar-refractivity contribution in [3.8, 4) is 40.2 Å². The van der Waals surface area contributed by atoms with E-state index in [0.717, 1.165) is 170 Å². The largest absolute Gasteiger partial charge is 0.508 e. The molecule has 3 aliphatic heterocycles. The van der Waals surface area contributed by atoms with Crippen molar-refractivity contribution in [3.05, 3.63) is 316 Å². The Hall–Kier alpha value is -13.1. The van der Waals surface area contributed by atoms with Gasteiger partial charge in [-0.1, -0.05) is 173 Å². The van der Waals surface area contributed by atoms with Gasteiger partial charge in [-0.15, -0.1) is 0 Å². The molecule has 0 aromatic heterocycles. The first kappa shape index (κ1) is 126. The van der Waals surface area contributed by atoms with Crippen LogP contribution in [-0.4, -0.2) is 190 Å². The molecule has 2 amide bonds. The number of nitrogens with zero attached hydrogens (tertiary/aromatic N) is 6. The number of amides is 2. The lowest BCUT2D eigenvalue weighted by Gasteiger charge is -2.37. The fourth-order valence-electron chi connectivity index (χ4n) is 12.8. The number of carbonyl (C=O) groups is 5. The molecule has 13 rings (SSSR count). The van der Waals surface area contributed by atoms with Gasteiger partial charge in [-0.2, -0.15) is 0 Å². The lowest BCUT2D eigenvalue weighted by Crippen LogP contribution is -2.49. The molecule has 0 atom stereocenters. The van der Waals surface area contributed by atoms with Gasteiger partial charge in [-0.05, 0) is 311 Å². The zero-order chi connectivity index (χ0) is 107. The average molecular weight is 2010 g/mol. The summed E-state index contributed by atoms with van der Waals surface area (Å²) in [6.45, 7) is 40.8. The molecule has 29 heteroatoms. The van der Waals surface area contributed by atoms with Gasteiger partial charge in [0.2, 0.25) is 6.08 Å². The summed E-state index contributed by atoms with van der Waals surface area (Å²) in [5.41, 5.74) is 25.7. The lowest BCUT2D eigenvalue weighted by molar-refractivity contribution is -0.134. The summed E-state index contributed by atoms with van der Waals surface area (Å²) >= 11 is 0. The maximum absolute atomic E-state index is 13.3. The predicted octanol–water partition coefficient (Wildman–Crippen LogP) is 21.5. The molecule has 3 aliphatic rings. The Labute approximate surface area is 859 Å². The SMILES string of the molecule is CC(=O)O.CC(C)COc1ccc(/C=N/O)cc1.CC(C)COc1ccc(C=O)cc1.CC(C)COc1ccc(CN)cc1.CC(C)COc1ccc(CN)cc1.CC(C)COc1ccc(CN=C=O)cc1.CC(C)COc1ccc(CNC(=O)N(Cc2ccc(F)cc2)C2CCN(C)CC2)cc1.CN1CCC(=O)CC1.CN1CCC(NCc2ccc(F)cc2)CC1.NCc1ccc(F)cc1.O=Cc1ccc(O)cc1. The van der Waals surface area contributed by atoms with Crippen LogP contribution in [0.15, 0.2) is 253 Å². The standard InChI is InChI=1S/C25H34FN3O2.C13H19FN2.C12H15NO2.C11H15NO2.2C11H17NO.C11H14O2.C7H8FN.C7H6O2.C6H11NO.C2H4O2/c1-19(2)18-31-24-10-6-20(7-11-24)16-27-25(30)29(23-12-14-28(3)15-13-23)17-21-4-8-22(26)9-5-21;1-16-8-6-13(7-9-16)15-10-11-2-4-12(14)5-3-11;1-10(2)8-15-12-5-3-11(4-6-12)7-13-9-14;1-9(2)8-14-11-5-3-10(4-6-11)7-12-13;3*1-9(2)8-13-11-5-3-10(7-12)4-6-11;8-7-3-1-6(5-9)2-4-7;8-5-6-1-3-7(9)4-2-6;1-7-4-2-6(8)3-5-7;1-2(3)4/h4-11,19,23H,12-18H2,1-3H3,(H,27,30);2-5,13,15H,6-10H2,1H3;3-6,10H,7-8H2,1-2H3;3-7,9,13H,8H2,1-2H3;2*3-6,9H,7-8,12H2,1-2H3;3-7,9H,8H2,1-2H3;1-4H,5,9H2;1-5,9H;2-5H2,1H3;1H3,(H,3,4)/b;;;12-7+;;;;;;;. The van der Waals surface area contributed by atoms with Crippen LogP contribution in [-0.2, 0) is 60.2 Å². The number of phenols is 1. The van der Waals surface area contributed by atoms with Crippen molar-refractivity contribution in [1.82, 2.24) is 30.2 Å². The number of urea groups is 1. The molecule has 0 radical (unpaired) electrons. The second-order valence-electron chi connectivity index (χ2n) is 37.6. The van der Waals surface area contributed by atoms with E-state index in [1.165, 1.54) is 86.8 Å². The monoisotopic (exact) mass is 2000 g/mol. The normalized spacial score (nSPS) is 12.8. The van der Waals surface area contributed by atoms with E-state index >= 15 is 0 Å². The molecule has 145 heavy (non-hydrogen) atoms. The zero-order valence-electron chi connectivity index (χ0n) is 87.9. The van der Waals surface area contributed by atoms with Gasteiger partial charge >= 0.3 is 6.03 Å². The van der Waals surface area contributed by atoms with Crippen molar-refractivity contribution in [1.29, 1.82) is 0 Å². The molecular formula is C116H160F3N11O15. The average Bonchev–Trinajstić information content (AvgIpc) is 0.836. The van der Waals surface area contributed by atoms with E-state index in [2.05, 4.69) is 133 Å². The summed E-state index contributed by atoms with van der Waals surface area (Å²) < 4.78 is 71.4. The molecular weight excluding hydrogens is 1840 g/mol. The van der Waals surface area contributed by atoms with Crippen molar-refractivity contribution >= 4 is 42.7 Å². The van der Waals surface area contributed by atoms with E-state index in [0.29, 0.717) is 124 Å². The number of piperidine rings is 3. The molecule has 3 saturated heterocycles. The number of aliphatic carboxylic acids is 1. The number of hydrogen-bond acceptors (Lipinski definition) is 23. The molecule has 790 valence electrons. The zero-order valence-corrected chi connectivity index (χ0v) is 87.9. The van der Waals surface area contributed by atoms with Crippen molar-refractivity contribution in [2.24, 2.45) is 62.9 Å². The smallest absolute Gasteiger partial charge is 0.318 e. The number of carboxylic acid groups (broad SMARTS) is 1. The van der Waals surface area contributed by atoms with Crippen LogP contribution in [0.5, 0.6) is 40.2 Å². The van der Waals surface area contributed by atoms with Gasteiger partial charge in [-0.3, -0.25) is 19.2 Å². The summed E-state index contributed by atoms with van der Waals surface area (Å²) in [4.78, 5) is 75.2. The number of phenolic OH excluding ortho intramolecular Hbond substituents is 1. The Morgan fingerprint density at radius 2 is 0.697 bits per heavy atom. The molecule has 0 unspecified atom stereocenters. The van der Waals surface area contributed by atoms with Crippen molar-refractivity contribution in [2.45, 2.75) is 186 Å². The Kier molecular flexibility index (Phi) is 65.8. The van der Waals surface area contributed by atoms with E-state index in [9.17, 15) is 37.1 Å². The molecule has 0 bridgehead atoms. The number of carboxylic acids is 1. The summed E-state index contributed by atoms with van der Waals surface area (Å²) in [5.74, 6) is 7.48. The summed E-state index contributed by atoms with van der Waals surface area (Å²) in [6, 6.07) is 71.8. The highest BCUT2D eigenvalue weighted by atomic mass is 19.1. The van der Waals surface area contributed by atoms with Crippen molar-refractivity contribution < 1.29 is 85.8 Å². The first-order chi connectivity index (χ1) is 69.4. The number of hydrogen-bond donors (Lipinski definition) is 8. The fourth-order valence-corrected chi connectivity index (χ4v) is 12.8. The Balaban J connectivity index is 0.000000423. The number of nitrogens with one attached hydrogen (secondary N) is 2. The number of rotatable bonds is 34. The number of aldehydes is 2. The van der Waals surface area contributed by atoms with Crippen molar-refractivity contribution in [3.63, 3.8) is 0 Å². The third-order valence-electron chi connectivity index (χ3n) is 21.1. The number of Topliss-reactive ketones (excluding diaryl/α,β-unsaturated/α-hetero) is 1. The van der Waals surface area contributed by atoms with E-state index in [1.54, 1.807) is 48.5 Å². The number of aromatic hydroxyl groups is 1. The number of benzene rings is 10. The van der Waals surface area contributed by atoms with Crippen LogP contribution in [0.2, 0.25) is 0 Å². The topological polar surface area (TPSA) is 358 Å². The first-order valence-electron chi connectivity index (χ1n) is 49.5. The van der Waals surface area contributed by atoms with Crippen LogP contribution in [0, 0.1) is 53.0 Å². The fraction of sp³-hybridized carbons (Fsp3) is 0.422. The highest BCUT2D eigenvalue weighted by Crippen LogP contribution is 2.24. The molecule has 3 heterocycles. The van der Waals surface area contributed by atoms with Gasteiger partial charge in [0, 0.05) is 95.3 Å². The number of carbonyl (C=O) groups excluding carboxylic acids is 5. The molecule has 11 N–H and O–H groups in total. The number of likely N-dealkylation sites (tertiary alicyclic amines) is 3. The van der Waals surface area contributed by atoms with Crippen LogP contribution in [0.1, 0.15) is 194 Å². The van der Waals surface area contributed by atoms with Crippen LogP contribution < -0.4 is 56.3 Å². The van der Waals surface area contributed by atoms with Gasteiger partial charge in [0.25, 0.3) is 5.97 Å². The number of isocyanates is 1. The minimum atomic E-state index is -0.833. The second kappa shape index (κ2) is 75.6. The maximum Gasteiger partial charge on any atom is 0.318 e. The Bertz CT molecular complexity index is 5080. The molecule has 10 aromatic rings. The van der Waals surface area contributed by atoms with Crippen molar-refractivity contribution in [2.75, 3.05) is 100 Å². The van der Waals surface area contributed by atoms with Crippen LogP contribution in [0.4, 0.5) is 18.0 Å². The molecule has 3 fully saturated rings. The summed E-state index contributed by atoms with van der Waals surface area (Å²) in [7, 11) is 6.32. The predicted molar refractivity (Wildman–Crippen MR) is 574 cm³/mol. The van der Waals surface area contributed by atoms with E-state index < -0.39 is 5.97 Å². The third-order valence-corrected chi connectivity index (χ3v) is 21.1. The van der Waals surface area contributed by atoms with Gasteiger partial charge in [-0.25, -0.2) is 27.8 Å². The van der Waals surface area contributed by atoms with Crippen LogP contribution in [0.25, 0.3) is 0 Å². The second-order valence-corrected chi connectivity index (χ2v) is 37.6. The Morgan fingerprint density at radius 3 is 1.01 bits per heavy atom. The third kappa shape index (κ3) is 62.9. The van der Waals surface area contributed by atoms with E-state index in [-0.39, 0.29) is 35.3 Å². The van der Waals surface area contributed by atoms with Crippen LogP contribution in [0.3, 0.4) is 0 Å². The summed E-state index contributed by atoms with van der Waals surface area (Å²) in [5, 5.41) is 34.0. The molecule has 0 aliphatic carbocycles. The summed E-state index contributed by atoms with van der Waals surface area (Å²) in [6.07, 6.45) is 10.3. The van der Waals surface area contributed by atoms with E-state index in [4.69, 9.17) is 65.8 Å². The molecule has 10 aromatic carbocycles. The lowest BCUT2D eigenvalue weighted by atomic mass is 10.0. The number of nitrogens with two attached hydrogens (primary N) is 3. The van der Waals surface area contributed by atoms with Gasteiger partial charge in [0.05, 0.1) is 52.4 Å². The Morgan fingerprint density at radius 1 is 0.421 bits per heavy atom. The number of ether oxygens (including phenoxy) is 6. The minimum Gasteiger partial charge on any atom is -0.508 e. The highest BCUT2D eigenvalue weighted by molar-refractivity contribution is 5.80. The van der Waals surface area contributed by atoms with Gasteiger partial charge in [0.1, 0.15) is 76.1 Å². The van der Waals surface area contributed by atoms with Gasteiger partial charge < -0.3 is 91.3 Å². The molecule has 0 spiro atoms. The van der Waals surface area contributed by atoms with Crippen LogP contribution >= 0.6 is 0 Å². The van der Waals surface area contributed by atoms with Gasteiger partial charge in [0.15, 0.2) is 0 Å². The first-order valence-corrected chi connectivity index (χ1v) is 49.5. The number of ketones is 1. The highest BCUT2D eigenvalue weighted by Gasteiger charge is 2.28. The molecule has 0 saturated carbocycles. The number of aliphatic imine (C=N–C) groups is 1. The van der Waals surface area contributed by atoms with E-state index in [1.807, 2.05) is 158 Å². The minimum absolute atomic E-state index is 0.0842. The maximum atomic E-state index is 13.3. The molecule has 26 nitrogen and oxygen atoms in total. The number of halogens is 3. The quantitative estimate of drug-likeness (QED) is 0.00610. The number of oxime groups is 1.